The van der Waals surface area contributed by atoms with Crippen molar-refractivity contribution in [1.82, 2.24) is 0 Å². The first-order valence-corrected chi connectivity index (χ1v) is 5.05. The van der Waals surface area contributed by atoms with Crippen LogP contribution in [-0.2, 0) is 0 Å². The Kier molecular flexibility index (Phi) is 6.37. The maximum absolute atomic E-state index is 3.87. The molecule has 0 amide bonds. The van der Waals surface area contributed by atoms with Crippen molar-refractivity contribution in [2.75, 3.05) is 13.1 Å². The molecule has 0 radical (unpaired) electrons. The van der Waals surface area contributed by atoms with Gasteiger partial charge in [-0.15, -0.1) is 0 Å². The maximum Gasteiger partial charge on any atom is 0.0624 e. The van der Waals surface area contributed by atoms with Gasteiger partial charge < -0.3 is 0 Å². The van der Waals surface area contributed by atoms with E-state index in [1.54, 1.807) is 0 Å². The summed E-state index contributed by atoms with van der Waals surface area (Å²) in [4.78, 5) is 0. The Bertz CT molecular complexity index is 191. The second-order valence-corrected chi connectivity index (χ2v) is 3.05. The molecule has 0 aromatic rings. The van der Waals surface area contributed by atoms with E-state index in [2.05, 4.69) is 45.0 Å². The Morgan fingerprint density at radius 2 is 1.21 bits per heavy atom. The molecule has 0 aromatic heterocycles. The molecule has 0 spiro atoms. The van der Waals surface area contributed by atoms with Crippen molar-refractivity contribution in [3.8, 4) is 0 Å². The summed E-state index contributed by atoms with van der Waals surface area (Å²) in [5.74, 6) is 0. The quantitative estimate of drug-likeness (QED) is 0.564. The summed E-state index contributed by atoms with van der Waals surface area (Å²) in [6, 6.07) is 0. The molecule has 0 atom stereocenters. The first-order chi connectivity index (χ1) is 7.00. The molecule has 14 heavy (non-hydrogen) atoms. The Morgan fingerprint density at radius 3 is 1.71 bits per heavy atom. The monoisotopic (exact) mass is 192 g/mol. The number of hydrogen-bond donors (Lipinski definition) is 0. The van der Waals surface area contributed by atoms with Gasteiger partial charge in [0.1, 0.15) is 0 Å². The van der Waals surface area contributed by atoms with Crippen molar-refractivity contribution in [3.63, 3.8) is 0 Å². The van der Waals surface area contributed by atoms with Crippen LogP contribution in [-0.4, -0.2) is 13.1 Å². The van der Waals surface area contributed by atoms with Crippen molar-refractivity contribution >= 4 is 0 Å². The molecule has 1 aliphatic rings. The molecule has 1 heterocycles. The molecule has 0 fully saturated rings. The lowest BCUT2D eigenvalue weighted by molar-refractivity contribution is 0.741. The number of allylic oxidation sites excluding steroid dienone is 4. The van der Waals surface area contributed by atoms with Crippen LogP contribution in [0.1, 0.15) is 25.7 Å². The highest BCUT2D eigenvalue weighted by atomic mass is 15.5. The molecule has 76 valence electrons. The van der Waals surface area contributed by atoms with Gasteiger partial charge in [0.2, 0.25) is 0 Å². The van der Waals surface area contributed by atoms with Crippen LogP contribution in [0.5, 0.6) is 0 Å². The van der Waals surface area contributed by atoms with Crippen LogP contribution < -0.4 is 0 Å². The summed E-state index contributed by atoms with van der Waals surface area (Å²) in [5, 5.41) is 14.9. The van der Waals surface area contributed by atoms with Gasteiger partial charge in [-0.05, 0) is 36.1 Å². The van der Waals surface area contributed by atoms with Gasteiger partial charge in [-0.1, -0.05) is 24.3 Å². The van der Waals surface area contributed by atoms with E-state index < -0.39 is 0 Å². The molecule has 1 aliphatic heterocycles. The van der Waals surface area contributed by atoms with Crippen LogP contribution in [0.25, 0.3) is 0 Å². The van der Waals surface area contributed by atoms with Crippen LogP contribution in [0.3, 0.4) is 0 Å². The van der Waals surface area contributed by atoms with Crippen LogP contribution in [0.4, 0.5) is 0 Å². The van der Waals surface area contributed by atoms with Gasteiger partial charge in [-0.2, -0.15) is 10.2 Å². The Morgan fingerprint density at radius 1 is 0.714 bits per heavy atom. The summed E-state index contributed by atoms with van der Waals surface area (Å²) in [6.07, 6.45) is 12.6. The van der Waals surface area contributed by atoms with Crippen molar-refractivity contribution in [2.45, 2.75) is 25.7 Å². The van der Waals surface area contributed by atoms with E-state index in [0.29, 0.717) is 0 Å². The highest BCUT2D eigenvalue weighted by Crippen LogP contribution is 1.97. The fourth-order valence-corrected chi connectivity index (χ4v) is 1.06. The van der Waals surface area contributed by atoms with Crippen molar-refractivity contribution in [2.24, 2.45) is 20.7 Å². The predicted octanol–water partition coefficient (Wildman–Crippen LogP) is 3.49. The van der Waals surface area contributed by atoms with Gasteiger partial charge in [-0.3, -0.25) is 0 Å². The summed E-state index contributed by atoms with van der Waals surface area (Å²) < 4.78 is 0. The second-order valence-electron chi connectivity index (χ2n) is 3.05. The van der Waals surface area contributed by atoms with Crippen molar-refractivity contribution < 1.29 is 0 Å². The minimum atomic E-state index is 0.729. The zero-order chi connectivity index (χ0) is 9.90. The third-order valence-electron chi connectivity index (χ3n) is 1.81. The molecule has 4 nitrogen and oxygen atoms in total. The van der Waals surface area contributed by atoms with Gasteiger partial charge in [0.25, 0.3) is 0 Å². The van der Waals surface area contributed by atoms with E-state index in [1.807, 2.05) is 0 Å². The van der Waals surface area contributed by atoms with Crippen LogP contribution >= 0.6 is 0 Å². The Labute approximate surface area is 84.5 Å². The number of hydrogen-bond acceptors (Lipinski definition) is 4. The lowest BCUT2D eigenvalue weighted by Crippen LogP contribution is -1.79. The van der Waals surface area contributed by atoms with Crippen LogP contribution in [0, 0.1) is 0 Å². The van der Waals surface area contributed by atoms with Crippen LogP contribution in [0.2, 0.25) is 0 Å². The van der Waals surface area contributed by atoms with E-state index >= 15 is 0 Å². The third kappa shape index (κ3) is 6.22. The third-order valence-corrected chi connectivity index (χ3v) is 1.81. The topological polar surface area (TPSA) is 49.4 Å². The highest BCUT2D eigenvalue weighted by Gasteiger charge is 1.83. The van der Waals surface area contributed by atoms with E-state index in [4.69, 9.17) is 0 Å². The first kappa shape index (κ1) is 10.8. The maximum atomic E-state index is 3.87. The van der Waals surface area contributed by atoms with Gasteiger partial charge in [0, 0.05) is 0 Å². The molecule has 0 aliphatic carbocycles. The SMILES string of the molecule is C1=C\CCCN=NN=NCCC\C=C/1. The molecule has 1 rings (SSSR count). The lowest BCUT2D eigenvalue weighted by Gasteiger charge is -1.90. The summed E-state index contributed by atoms with van der Waals surface area (Å²) in [5.41, 5.74) is 0. The normalized spacial score (nSPS) is 24.0. The molecule has 0 saturated carbocycles. The zero-order valence-corrected chi connectivity index (χ0v) is 8.34. The summed E-state index contributed by atoms with van der Waals surface area (Å²) >= 11 is 0. The zero-order valence-electron chi connectivity index (χ0n) is 8.34. The van der Waals surface area contributed by atoms with Crippen LogP contribution in [0.15, 0.2) is 45.0 Å². The standard InChI is InChI=1S/C10H16N4/c1-2-4-6-8-10-12-14-13-11-9-7-5-3-1/h1-4H,5-10H2/b3-1-,4-2-,13-11?,14-12?. The molecule has 4 heteroatoms. The molecular formula is C10H16N4. The average molecular weight is 192 g/mol. The van der Waals surface area contributed by atoms with Gasteiger partial charge in [0.15, 0.2) is 0 Å². The Hall–Kier alpha value is -1.32. The summed E-state index contributed by atoms with van der Waals surface area (Å²) in [7, 11) is 0. The van der Waals surface area contributed by atoms with E-state index in [9.17, 15) is 0 Å². The first-order valence-electron chi connectivity index (χ1n) is 5.05. The number of nitrogens with zero attached hydrogens (tertiary/aromatic N) is 4. The second kappa shape index (κ2) is 8.29. The smallest absolute Gasteiger partial charge is 0.0624 e. The lowest BCUT2D eigenvalue weighted by atomic mass is 10.2. The molecule has 0 aromatic carbocycles. The fraction of sp³-hybridized carbons (Fsp3) is 0.600. The minimum Gasteiger partial charge on any atom is -0.167 e. The predicted molar refractivity (Wildman–Crippen MR) is 56.2 cm³/mol. The molecule has 0 N–H and O–H groups in total. The van der Waals surface area contributed by atoms with E-state index in [1.165, 1.54) is 0 Å². The van der Waals surface area contributed by atoms with E-state index in [-0.39, 0.29) is 0 Å². The summed E-state index contributed by atoms with van der Waals surface area (Å²) in [6.45, 7) is 1.46. The van der Waals surface area contributed by atoms with Gasteiger partial charge in [-0.25, -0.2) is 0 Å². The average Bonchev–Trinajstić information content (AvgIpc) is 2.22. The highest BCUT2D eigenvalue weighted by molar-refractivity contribution is 5.02. The molecule has 0 saturated heterocycles. The fourth-order valence-electron chi connectivity index (χ4n) is 1.06. The molecule has 0 bridgehead atoms. The largest absolute Gasteiger partial charge is 0.167 e. The van der Waals surface area contributed by atoms with E-state index in [0.717, 1.165) is 38.8 Å². The van der Waals surface area contributed by atoms with Gasteiger partial charge >= 0.3 is 0 Å². The molecular weight excluding hydrogens is 176 g/mol. The molecule has 0 unspecified atom stereocenters. The minimum absolute atomic E-state index is 0.729. The van der Waals surface area contributed by atoms with Crippen molar-refractivity contribution in [1.29, 1.82) is 0 Å². The Balaban J connectivity index is 2.33. The number of rotatable bonds is 0. The van der Waals surface area contributed by atoms with Crippen molar-refractivity contribution in [3.05, 3.63) is 24.3 Å². The van der Waals surface area contributed by atoms with Gasteiger partial charge in [0.05, 0.1) is 13.1 Å².